The Morgan fingerprint density at radius 3 is 2.68 bits per heavy atom. The van der Waals surface area contributed by atoms with E-state index in [1.165, 1.54) is 16.7 Å². The van der Waals surface area contributed by atoms with E-state index >= 15 is 0 Å². The zero-order valence-corrected chi connectivity index (χ0v) is 15.8. The first-order chi connectivity index (χ1) is 13.6. The average Bonchev–Trinajstić information content (AvgIpc) is 2.71. The van der Waals surface area contributed by atoms with E-state index in [2.05, 4.69) is 59.9 Å². The minimum absolute atomic E-state index is 0.642. The molecule has 4 rings (SSSR count). The van der Waals surface area contributed by atoms with Gasteiger partial charge in [0, 0.05) is 40.5 Å². The Morgan fingerprint density at radius 1 is 1.11 bits per heavy atom. The zero-order valence-electron chi connectivity index (χ0n) is 15.8. The number of allylic oxidation sites excluding steroid dienone is 5. The maximum absolute atomic E-state index is 5.84. The van der Waals surface area contributed by atoms with Crippen LogP contribution in [0.25, 0.3) is 11.6 Å². The summed E-state index contributed by atoms with van der Waals surface area (Å²) in [6, 6.07) is 12.3. The Hall–Kier alpha value is -3.59. The number of nitrogen functional groups attached to an aromatic ring is 1. The van der Waals surface area contributed by atoms with Gasteiger partial charge in [-0.3, -0.25) is 4.98 Å². The van der Waals surface area contributed by atoms with E-state index in [0.29, 0.717) is 5.69 Å². The van der Waals surface area contributed by atoms with Crippen LogP contribution in [0.4, 0.5) is 5.69 Å². The van der Waals surface area contributed by atoms with Gasteiger partial charge in [-0.2, -0.15) is 0 Å². The highest BCUT2D eigenvalue weighted by atomic mass is 14.9. The zero-order chi connectivity index (χ0) is 19.5. The van der Waals surface area contributed by atoms with E-state index in [1.54, 1.807) is 12.4 Å². The summed E-state index contributed by atoms with van der Waals surface area (Å²) in [5, 5.41) is 3.47. The second-order valence-electron chi connectivity index (χ2n) is 6.94. The molecule has 2 heterocycles. The molecule has 0 fully saturated rings. The predicted octanol–water partition coefficient (Wildman–Crippen LogP) is 5.41. The highest BCUT2D eigenvalue weighted by Gasteiger charge is 2.26. The van der Waals surface area contributed by atoms with Crippen LogP contribution in [0, 0.1) is 0 Å². The monoisotopic (exact) mass is 365 g/mol. The Morgan fingerprint density at radius 2 is 1.89 bits per heavy atom. The lowest BCUT2D eigenvalue weighted by atomic mass is 9.81. The predicted molar refractivity (Wildman–Crippen MR) is 118 cm³/mol. The van der Waals surface area contributed by atoms with Crippen molar-refractivity contribution in [3.05, 3.63) is 119 Å². The van der Waals surface area contributed by atoms with Crippen LogP contribution in [0.1, 0.15) is 24.0 Å². The van der Waals surface area contributed by atoms with Gasteiger partial charge in [0.2, 0.25) is 0 Å². The lowest BCUT2D eigenvalue weighted by molar-refractivity contribution is 0.911. The van der Waals surface area contributed by atoms with E-state index < -0.39 is 0 Å². The van der Waals surface area contributed by atoms with Gasteiger partial charge in [0.05, 0.1) is 5.69 Å². The summed E-state index contributed by atoms with van der Waals surface area (Å²) in [6.07, 6.45) is 14.0. The number of nitrogens with two attached hydrogens (primary N) is 1. The molecule has 1 aromatic carbocycles. The van der Waals surface area contributed by atoms with Gasteiger partial charge in [-0.05, 0) is 35.6 Å². The molecular formula is C25H23N3. The summed E-state index contributed by atoms with van der Waals surface area (Å²) >= 11 is 0. The fraction of sp³-hybridized carbons (Fsp3) is 0.0800. The number of nitrogens with one attached hydrogen (secondary N) is 1. The van der Waals surface area contributed by atoms with Gasteiger partial charge in [-0.1, -0.05) is 67.8 Å². The number of fused-ring (bicyclic) bond motifs is 1. The van der Waals surface area contributed by atoms with Gasteiger partial charge in [0.1, 0.15) is 0 Å². The Labute approximate surface area is 166 Å². The molecule has 0 saturated carbocycles. The van der Waals surface area contributed by atoms with Gasteiger partial charge in [0.25, 0.3) is 0 Å². The van der Waals surface area contributed by atoms with Crippen LogP contribution in [0.15, 0.2) is 108 Å². The Balaban J connectivity index is 1.81. The number of pyridine rings is 1. The van der Waals surface area contributed by atoms with E-state index in [1.807, 2.05) is 24.3 Å². The van der Waals surface area contributed by atoms with Gasteiger partial charge >= 0.3 is 0 Å². The summed E-state index contributed by atoms with van der Waals surface area (Å²) in [5.41, 5.74) is 14.9. The van der Waals surface area contributed by atoms with Crippen LogP contribution < -0.4 is 11.1 Å². The third kappa shape index (κ3) is 3.47. The fourth-order valence-corrected chi connectivity index (χ4v) is 3.65. The van der Waals surface area contributed by atoms with Crippen molar-refractivity contribution < 1.29 is 0 Å². The number of hydrogen-bond donors (Lipinski definition) is 2. The molecule has 138 valence electrons. The summed E-state index contributed by atoms with van der Waals surface area (Å²) in [7, 11) is 0. The first-order valence-electron chi connectivity index (χ1n) is 9.38. The van der Waals surface area contributed by atoms with Crippen molar-refractivity contribution in [2.75, 3.05) is 5.73 Å². The van der Waals surface area contributed by atoms with Crippen LogP contribution in [0.5, 0.6) is 0 Å². The third-order valence-corrected chi connectivity index (χ3v) is 4.90. The van der Waals surface area contributed by atoms with Crippen LogP contribution >= 0.6 is 0 Å². The molecule has 3 nitrogen and oxygen atoms in total. The van der Waals surface area contributed by atoms with Gasteiger partial charge in [-0.25, -0.2) is 0 Å². The van der Waals surface area contributed by atoms with Gasteiger partial charge < -0.3 is 11.1 Å². The topological polar surface area (TPSA) is 50.9 Å². The smallest absolute Gasteiger partial charge is 0.0506 e. The van der Waals surface area contributed by atoms with Gasteiger partial charge in [-0.15, -0.1) is 0 Å². The molecule has 1 aliphatic carbocycles. The normalized spacial score (nSPS) is 16.4. The average molecular weight is 365 g/mol. The van der Waals surface area contributed by atoms with Crippen molar-refractivity contribution in [3.8, 4) is 0 Å². The molecule has 2 aromatic rings. The molecular weight excluding hydrogens is 342 g/mol. The number of hydrogen-bond acceptors (Lipinski definition) is 3. The maximum atomic E-state index is 5.84. The third-order valence-electron chi connectivity index (χ3n) is 4.90. The Bertz CT molecular complexity index is 1070. The molecule has 1 aliphatic heterocycles. The lowest BCUT2D eigenvalue weighted by Gasteiger charge is -2.31. The molecule has 0 spiro atoms. The standard InChI is InChI=1S/C25H23N3/c1-17(12-13-19-14-21(26)16-27-15-19)24-18(2)28-23-11-7-6-10-22(23)25(24)20-8-4-3-5-9-20/h3-5,8-16,28H,1-2,6-7,26H2/b13-12+. The molecule has 0 unspecified atom stereocenters. The highest BCUT2D eigenvalue weighted by Crippen LogP contribution is 2.41. The van der Waals surface area contributed by atoms with Crippen LogP contribution in [0.2, 0.25) is 0 Å². The largest absolute Gasteiger partial charge is 0.397 e. The minimum Gasteiger partial charge on any atom is -0.397 e. The van der Waals surface area contributed by atoms with Crippen molar-refractivity contribution in [2.24, 2.45) is 0 Å². The molecule has 28 heavy (non-hydrogen) atoms. The minimum atomic E-state index is 0.642. The van der Waals surface area contributed by atoms with Crippen molar-refractivity contribution in [1.29, 1.82) is 0 Å². The lowest BCUT2D eigenvalue weighted by Crippen LogP contribution is -2.24. The SMILES string of the molecule is C=C(/C=C/c1cncc(N)c1)C1=C(c2ccccc2)C2=CCCC=C2NC1=C. The molecule has 1 aromatic heterocycles. The molecule has 0 bridgehead atoms. The molecule has 0 atom stereocenters. The molecule has 0 saturated heterocycles. The maximum Gasteiger partial charge on any atom is 0.0506 e. The van der Waals surface area contributed by atoms with E-state index in [-0.39, 0.29) is 0 Å². The highest BCUT2D eigenvalue weighted by molar-refractivity contribution is 5.93. The van der Waals surface area contributed by atoms with E-state index in [9.17, 15) is 0 Å². The van der Waals surface area contributed by atoms with E-state index in [0.717, 1.165) is 40.9 Å². The Kier molecular flexibility index (Phi) is 4.81. The van der Waals surface area contributed by atoms with Crippen LogP contribution in [-0.2, 0) is 0 Å². The van der Waals surface area contributed by atoms with Crippen molar-refractivity contribution in [2.45, 2.75) is 12.8 Å². The molecule has 0 amide bonds. The molecule has 0 radical (unpaired) electrons. The quantitative estimate of drug-likeness (QED) is 0.713. The molecule has 2 aliphatic rings. The number of anilines is 1. The number of nitrogens with zero attached hydrogens (tertiary/aromatic N) is 1. The summed E-state index contributed by atoms with van der Waals surface area (Å²) < 4.78 is 0. The summed E-state index contributed by atoms with van der Waals surface area (Å²) in [6.45, 7) is 8.62. The first-order valence-corrected chi connectivity index (χ1v) is 9.38. The second-order valence-corrected chi connectivity index (χ2v) is 6.94. The summed E-state index contributed by atoms with van der Waals surface area (Å²) in [5.74, 6) is 0. The van der Waals surface area contributed by atoms with Crippen LogP contribution in [0.3, 0.4) is 0 Å². The van der Waals surface area contributed by atoms with E-state index in [4.69, 9.17) is 5.73 Å². The molecule has 3 heteroatoms. The van der Waals surface area contributed by atoms with Crippen molar-refractivity contribution in [1.82, 2.24) is 10.3 Å². The van der Waals surface area contributed by atoms with Crippen LogP contribution in [-0.4, -0.2) is 4.98 Å². The number of rotatable bonds is 4. The summed E-state index contributed by atoms with van der Waals surface area (Å²) in [4.78, 5) is 4.14. The molecule has 3 N–H and O–H groups in total. The number of aromatic nitrogens is 1. The van der Waals surface area contributed by atoms with Gasteiger partial charge in [0.15, 0.2) is 0 Å². The second kappa shape index (κ2) is 7.57. The number of benzene rings is 1. The fourth-order valence-electron chi connectivity index (χ4n) is 3.65. The van der Waals surface area contributed by atoms with Crippen molar-refractivity contribution >= 4 is 17.3 Å². The first kappa shape index (κ1) is 17.8. The van der Waals surface area contributed by atoms with Crippen molar-refractivity contribution in [3.63, 3.8) is 0 Å².